The summed E-state index contributed by atoms with van der Waals surface area (Å²) in [6, 6.07) is 0. The summed E-state index contributed by atoms with van der Waals surface area (Å²) in [5.74, 6) is 0.117. The van der Waals surface area contributed by atoms with Gasteiger partial charge in [0.15, 0.2) is 0 Å². The molecular weight excluding hydrogens is 266 g/mol. The Balaban J connectivity index is 1.65. The van der Waals surface area contributed by atoms with Gasteiger partial charge in [0.2, 0.25) is 5.91 Å². The van der Waals surface area contributed by atoms with E-state index < -0.39 is 11.9 Å². The van der Waals surface area contributed by atoms with Crippen molar-refractivity contribution in [1.29, 1.82) is 0 Å². The van der Waals surface area contributed by atoms with Crippen LogP contribution >= 0.6 is 0 Å². The predicted molar refractivity (Wildman–Crippen MR) is 79.7 cm³/mol. The first-order valence-electron chi connectivity index (χ1n) is 8.68. The van der Waals surface area contributed by atoms with Crippen LogP contribution < -0.4 is 0 Å². The van der Waals surface area contributed by atoms with Crippen LogP contribution in [0.15, 0.2) is 0 Å². The number of carbonyl (C=O) groups is 2. The van der Waals surface area contributed by atoms with Crippen molar-refractivity contribution in [3.8, 4) is 0 Å². The Bertz CT molecular complexity index is 409. The average Bonchev–Trinajstić information content (AvgIpc) is 2.53. The number of likely N-dealkylation sites (tertiary alicyclic amines) is 1. The summed E-state index contributed by atoms with van der Waals surface area (Å²) >= 11 is 0. The number of rotatable bonds is 2. The van der Waals surface area contributed by atoms with Crippen LogP contribution in [-0.2, 0) is 9.59 Å². The molecule has 0 spiro atoms. The number of carboxylic acid groups (broad SMARTS) is 1. The standard InChI is InChI=1S/C17H27NO3/c19-16(14-7-3-4-8-15(14)17(20)21)18-10-9-12-5-1-2-6-13(12)11-18/h12-15H,1-11H2,(H,20,21)/t12?,13?,14-,15+/m1/s1. The Hall–Kier alpha value is -1.06. The first kappa shape index (κ1) is 14.9. The molecule has 2 saturated carbocycles. The lowest BCUT2D eigenvalue weighted by Crippen LogP contribution is -2.49. The zero-order valence-corrected chi connectivity index (χ0v) is 12.8. The fourth-order valence-electron chi connectivity index (χ4n) is 4.76. The topological polar surface area (TPSA) is 57.6 Å². The van der Waals surface area contributed by atoms with Crippen molar-refractivity contribution in [2.24, 2.45) is 23.7 Å². The Kier molecular flexibility index (Phi) is 4.51. The molecule has 0 bridgehead atoms. The number of piperidine rings is 1. The number of amides is 1. The van der Waals surface area contributed by atoms with E-state index in [2.05, 4.69) is 0 Å². The Morgan fingerprint density at radius 3 is 2.14 bits per heavy atom. The van der Waals surface area contributed by atoms with Gasteiger partial charge in [-0.05, 0) is 37.5 Å². The van der Waals surface area contributed by atoms with Crippen LogP contribution in [0.3, 0.4) is 0 Å². The summed E-state index contributed by atoms with van der Waals surface area (Å²) in [5.41, 5.74) is 0. The van der Waals surface area contributed by atoms with Crippen molar-refractivity contribution in [3.63, 3.8) is 0 Å². The molecule has 21 heavy (non-hydrogen) atoms. The lowest BCUT2D eigenvalue weighted by Gasteiger charge is -2.43. The molecular formula is C17H27NO3. The van der Waals surface area contributed by atoms with E-state index in [9.17, 15) is 14.7 Å². The minimum absolute atomic E-state index is 0.131. The molecule has 2 unspecified atom stereocenters. The molecule has 4 nitrogen and oxygen atoms in total. The van der Waals surface area contributed by atoms with Gasteiger partial charge < -0.3 is 10.0 Å². The van der Waals surface area contributed by atoms with E-state index in [0.29, 0.717) is 12.3 Å². The molecule has 3 aliphatic rings. The minimum Gasteiger partial charge on any atom is -0.481 e. The maximum absolute atomic E-state index is 12.8. The number of carbonyl (C=O) groups excluding carboxylic acids is 1. The molecule has 0 aromatic rings. The van der Waals surface area contributed by atoms with Gasteiger partial charge in [0.25, 0.3) is 0 Å². The highest BCUT2D eigenvalue weighted by Crippen LogP contribution is 2.38. The summed E-state index contributed by atoms with van der Waals surface area (Å²) in [6.07, 6.45) is 9.73. The first-order chi connectivity index (χ1) is 10.2. The molecule has 0 radical (unpaired) electrons. The number of hydrogen-bond acceptors (Lipinski definition) is 2. The van der Waals surface area contributed by atoms with Crippen molar-refractivity contribution in [2.75, 3.05) is 13.1 Å². The van der Waals surface area contributed by atoms with Crippen LogP contribution in [0.25, 0.3) is 0 Å². The van der Waals surface area contributed by atoms with Gasteiger partial charge in [0.05, 0.1) is 11.8 Å². The Morgan fingerprint density at radius 2 is 1.43 bits per heavy atom. The van der Waals surface area contributed by atoms with E-state index in [1.54, 1.807) is 0 Å². The van der Waals surface area contributed by atoms with Crippen molar-refractivity contribution >= 4 is 11.9 Å². The van der Waals surface area contributed by atoms with Gasteiger partial charge in [0, 0.05) is 13.1 Å². The van der Waals surface area contributed by atoms with Crippen LogP contribution in [0.5, 0.6) is 0 Å². The zero-order valence-electron chi connectivity index (χ0n) is 12.8. The van der Waals surface area contributed by atoms with Crippen molar-refractivity contribution in [3.05, 3.63) is 0 Å². The van der Waals surface area contributed by atoms with E-state index in [4.69, 9.17) is 0 Å². The highest BCUT2D eigenvalue weighted by molar-refractivity contribution is 5.85. The molecule has 1 amide bonds. The van der Waals surface area contributed by atoms with E-state index in [0.717, 1.165) is 44.7 Å². The molecule has 1 N–H and O–H groups in total. The summed E-state index contributed by atoms with van der Waals surface area (Å²) in [7, 11) is 0. The van der Waals surface area contributed by atoms with E-state index in [-0.39, 0.29) is 11.8 Å². The lowest BCUT2D eigenvalue weighted by molar-refractivity contribution is -0.153. The van der Waals surface area contributed by atoms with Crippen LogP contribution in [0.2, 0.25) is 0 Å². The fourth-order valence-corrected chi connectivity index (χ4v) is 4.76. The fraction of sp³-hybridized carbons (Fsp3) is 0.882. The lowest BCUT2D eigenvalue weighted by atomic mass is 9.74. The number of nitrogens with zero attached hydrogens (tertiary/aromatic N) is 1. The van der Waals surface area contributed by atoms with Crippen LogP contribution in [-0.4, -0.2) is 35.0 Å². The molecule has 4 heteroatoms. The van der Waals surface area contributed by atoms with Gasteiger partial charge in [-0.2, -0.15) is 0 Å². The first-order valence-corrected chi connectivity index (χ1v) is 8.68. The average molecular weight is 293 g/mol. The number of hydrogen-bond donors (Lipinski definition) is 1. The highest BCUT2D eigenvalue weighted by Gasteiger charge is 2.40. The summed E-state index contributed by atoms with van der Waals surface area (Å²) < 4.78 is 0. The third-order valence-electron chi connectivity index (χ3n) is 6.00. The molecule has 4 atom stereocenters. The largest absolute Gasteiger partial charge is 0.481 e. The number of aliphatic carboxylic acids is 1. The van der Waals surface area contributed by atoms with E-state index >= 15 is 0 Å². The molecule has 0 aromatic carbocycles. The SMILES string of the molecule is O=C(O)[C@H]1CCCC[C@H]1C(=O)N1CCC2CCCCC2C1. The third kappa shape index (κ3) is 3.09. The molecule has 3 rings (SSSR count). The summed E-state index contributed by atoms with van der Waals surface area (Å²) in [5, 5.41) is 9.37. The van der Waals surface area contributed by atoms with Gasteiger partial charge in [-0.15, -0.1) is 0 Å². The Morgan fingerprint density at radius 1 is 0.810 bits per heavy atom. The molecule has 0 aromatic heterocycles. The minimum atomic E-state index is -0.777. The maximum atomic E-state index is 12.8. The van der Waals surface area contributed by atoms with Crippen LogP contribution in [0.4, 0.5) is 0 Å². The molecule has 3 fully saturated rings. The Labute approximate surface area is 126 Å². The van der Waals surface area contributed by atoms with Crippen molar-refractivity contribution in [1.82, 2.24) is 4.90 Å². The summed E-state index contributed by atoms with van der Waals surface area (Å²) in [6.45, 7) is 1.73. The maximum Gasteiger partial charge on any atom is 0.307 e. The van der Waals surface area contributed by atoms with E-state index in [1.807, 2.05) is 4.90 Å². The van der Waals surface area contributed by atoms with Crippen molar-refractivity contribution in [2.45, 2.75) is 57.8 Å². The smallest absolute Gasteiger partial charge is 0.307 e. The second-order valence-electron chi connectivity index (χ2n) is 7.21. The molecule has 2 aliphatic carbocycles. The molecule has 1 aliphatic heterocycles. The normalized spacial score (nSPS) is 36.9. The zero-order chi connectivity index (χ0) is 14.8. The second kappa shape index (κ2) is 6.37. The van der Waals surface area contributed by atoms with Gasteiger partial charge in [-0.25, -0.2) is 0 Å². The predicted octanol–water partition coefficient (Wildman–Crippen LogP) is 2.92. The molecule has 1 heterocycles. The number of carboxylic acids is 1. The van der Waals surface area contributed by atoms with Gasteiger partial charge in [0.1, 0.15) is 0 Å². The monoisotopic (exact) mass is 293 g/mol. The molecule has 118 valence electrons. The summed E-state index contributed by atoms with van der Waals surface area (Å²) in [4.78, 5) is 26.2. The highest BCUT2D eigenvalue weighted by atomic mass is 16.4. The van der Waals surface area contributed by atoms with E-state index in [1.165, 1.54) is 25.7 Å². The van der Waals surface area contributed by atoms with Gasteiger partial charge in [-0.1, -0.05) is 32.1 Å². The van der Waals surface area contributed by atoms with Crippen LogP contribution in [0, 0.1) is 23.7 Å². The molecule has 1 saturated heterocycles. The van der Waals surface area contributed by atoms with Crippen molar-refractivity contribution < 1.29 is 14.7 Å². The van der Waals surface area contributed by atoms with Crippen LogP contribution in [0.1, 0.15) is 57.8 Å². The quantitative estimate of drug-likeness (QED) is 0.851. The third-order valence-corrected chi connectivity index (χ3v) is 6.00. The van der Waals surface area contributed by atoms with Gasteiger partial charge >= 0.3 is 5.97 Å². The number of fused-ring (bicyclic) bond motifs is 1. The second-order valence-corrected chi connectivity index (χ2v) is 7.21. The van der Waals surface area contributed by atoms with Gasteiger partial charge in [-0.3, -0.25) is 9.59 Å².